The zero-order valence-electron chi connectivity index (χ0n) is 9.46. The summed E-state index contributed by atoms with van der Waals surface area (Å²) < 4.78 is 37.1. The maximum absolute atomic E-state index is 12.4. The smallest absolute Gasteiger partial charge is 0.166 e. The first-order valence-corrected chi connectivity index (χ1v) is 6.77. The van der Waals surface area contributed by atoms with Crippen molar-refractivity contribution in [2.75, 3.05) is 0 Å². The van der Waals surface area contributed by atoms with Crippen LogP contribution in [0.25, 0.3) is 0 Å². The minimum Gasteiger partial charge on any atom is -0.166 e. The largest absolute Gasteiger partial charge is 0.416 e. The standard InChI is InChI=1S/C13H15F3S/c14-13(15,16)10-6-8-12(9-7-10)17-11-4-2-1-3-5-11/h6-9,11H,1-5H2. The highest BCUT2D eigenvalue weighted by atomic mass is 32.2. The number of benzene rings is 1. The molecule has 0 N–H and O–H groups in total. The topological polar surface area (TPSA) is 0 Å². The molecule has 0 aromatic heterocycles. The highest BCUT2D eigenvalue weighted by Gasteiger charge is 2.30. The van der Waals surface area contributed by atoms with Gasteiger partial charge in [0.15, 0.2) is 0 Å². The molecule has 2 rings (SSSR count). The lowest BCUT2D eigenvalue weighted by atomic mass is 10.0. The van der Waals surface area contributed by atoms with Crippen LogP contribution >= 0.6 is 11.8 Å². The molecule has 1 aromatic carbocycles. The van der Waals surface area contributed by atoms with Gasteiger partial charge in [0.05, 0.1) is 5.56 Å². The number of rotatable bonds is 2. The molecule has 0 unspecified atom stereocenters. The van der Waals surface area contributed by atoms with Gasteiger partial charge in [-0.05, 0) is 37.1 Å². The first-order chi connectivity index (χ1) is 8.05. The Bertz CT molecular complexity index is 350. The minimum absolute atomic E-state index is 0.564. The van der Waals surface area contributed by atoms with Gasteiger partial charge in [0.1, 0.15) is 0 Å². The van der Waals surface area contributed by atoms with Gasteiger partial charge in [0, 0.05) is 10.1 Å². The van der Waals surface area contributed by atoms with E-state index in [1.807, 2.05) is 0 Å². The summed E-state index contributed by atoms with van der Waals surface area (Å²) in [6.45, 7) is 0. The minimum atomic E-state index is -4.23. The van der Waals surface area contributed by atoms with E-state index in [4.69, 9.17) is 0 Å². The van der Waals surface area contributed by atoms with Crippen molar-refractivity contribution in [1.82, 2.24) is 0 Å². The number of hydrogen-bond donors (Lipinski definition) is 0. The Labute approximate surface area is 104 Å². The van der Waals surface area contributed by atoms with Crippen molar-refractivity contribution in [3.8, 4) is 0 Å². The van der Waals surface area contributed by atoms with Crippen LogP contribution < -0.4 is 0 Å². The van der Waals surface area contributed by atoms with Crippen LogP contribution in [0.1, 0.15) is 37.7 Å². The summed E-state index contributed by atoms with van der Waals surface area (Å²) in [4.78, 5) is 0.949. The van der Waals surface area contributed by atoms with Gasteiger partial charge in [0.25, 0.3) is 0 Å². The predicted octanol–water partition coefficient (Wildman–Crippen LogP) is 5.13. The van der Waals surface area contributed by atoms with E-state index in [9.17, 15) is 13.2 Å². The molecule has 4 heteroatoms. The van der Waals surface area contributed by atoms with Crippen LogP contribution in [-0.2, 0) is 6.18 Å². The normalized spacial score (nSPS) is 18.3. The Morgan fingerprint density at radius 1 is 0.941 bits per heavy atom. The van der Waals surface area contributed by atoms with Gasteiger partial charge in [-0.1, -0.05) is 19.3 Å². The number of halogens is 3. The quantitative estimate of drug-likeness (QED) is 0.710. The zero-order chi connectivity index (χ0) is 12.3. The molecule has 17 heavy (non-hydrogen) atoms. The Kier molecular flexibility index (Phi) is 4.02. The fourth-order valence-corrected chi connectivity index (χ4v) is 3.35. The molecular weight excluding hydrogens is 245 g/mol. The molecule has 0 amide bonds. The Hall–Kier alpha value is -0.640. The second kappa shape index (κ2) is 5.34. The van der Waals surface area contributed by atoms with Gasteiger partial charge in [-0.3, -0.25) is 0 Å². The van der Waals surface area contributed by atoms with Crippen molar-refractivity contribution in [1.29, 1.82) is 0 Å². The van der Waals surface area contributed by atoms with E-state index in [0.717, 1.165) is 4.90 Å². The van der Waals surface area contributed by atoms with Gasteiger partial charge in [-0.2, -0.15) is 13.2 Å². The number of thioether (sulfide) groups is 1. The summed E-state index contributed by atoms with van der Waals surface area (Å²) in [5.41, 5.74) is -0.564. The van der Waals surface area contributed by atoms with Gasteiger partial charge in [-0.25, -0.2) is 0 Å². The fourth-order valence-electron chi connectivity index (χ4n) is 2.10. The summed E-state index contributed by atoms with van der Waals surface area (Å²) in [5, 5.41) is 0.584. The summed E-state index contributed by atoms with van der Waals surface area (Å²) in [6, 6.07) is 5.51. The Morgan fingerprint density at radius 2 is 1.53 bits per heavy atom. The van der Waals surface area contributed by atoms with Crippen LogP contribution in [0, 0.1) is 0 Å². The van der Waals surface area contributed by atoms with Crippen LogP contribution in [-0.4, -0.2) is 5.25 Å². The molecule has 0 nitrogen and oxygen atoms in total. The SMILES string of the molecule is FC(F)(F)c1ccc(SC2CCCCC2)cc1. The molecular formula is C13H15F3S. The summed E-state index contributed by atoms with van der Waals surface area (Å²) in [7, 11) is 0. The van der Waals surface area contributed by atoms with Crippen molar-refractivity contribution >= 4 is 11.8 Å². The van der Waals surface area contributed by atoms with Crippen molar-refractivity contribution in [2.45, 2.75) is 48.4 Å². The average Bonchev–Trinajstić information content (AvgIpc) is 2.30. The van der Waals surface area contributed by atoms with Crippen LogP contribution in [0.4, 0.5) is 13.2 Å². The van der Waals surface area contributed by atoms with E-state index in [2.05, 4.69) is 0 Å². The molecule has 1 aromatic rings. The second-order valence-corrected chi connectivity index (χ2v) is 5.77. The van der Waals surface area contributed by atoms with Crippen molar-refractivity contribution in [2.24, 2.45) is 0 Å². The molecule has 1 fully saturated rings. The first-order valence-electron chi connectivity index (χ1n) is 5.89. The third-order valence-corrected chi connectivity index (χ3v) is 4.39. The molecule has 1 aliphatic carbocycles. The van der Waals surface area contributed by atoms with Crippen molar-refractivity contribution in [3.05, 3.63) is 29.8 Å². The monoisotopic (exact) mass is 260 g/mol. The lowest BCUT2D eigenvalue weighted by Crippen LogP contribution is -2.08. The molecule has 1 aliphatic rings. The highest BCUT2D eigenvalue weighted by Crippen LogP contribution is 2.35. The highest BCUT2D eigenvalue weighted by molar-refractivity contribution is 8.00. The van der Waals surface area contributed by atoms with E-state index in [1.165, 1.54) is 44.2 Å². The lowest BCUT2D eigenvalue weighted by Gasteiger charge is -2.21. The fraction of sp³-hybridized carbons (Fsp3) is 0.538. The molecule has 0 aliphatic heterocycles. The first kappa shape index (κ1) is 12.8. The van der Waals surface area contributed by atoms with E-state index in [-0.39, 0.29) is 0 Å². The predicted molar refractivity (Wildman–Crippen MR) is 64.2 cm³/mol. The second-order valence-electron chi connectivity index (χ2n) is 4.40. The average molecular weight is 260 g/mol. The van der Waals surface area contributed by atoms with Crippen molar-refractivity contribution < 1.29 is 13.2 Å². The van der Waals surface area contributed by atoms with Gasteiger partial charge in [-0.15, -0.1) is 11.8 Å². The summed E-state index contributed by atoms with van der Waals surface area (Å²) >= 11 is 1.72. The van der Waals surface area contributed by atoms with Crippen LogP contribution in [0.15, 0.2) is 29.2 Å². The molecule has 0 atom stereocenters. The van der Waals surface area contributed by atoms with Gasteiger partial charge in [0.2, 0.25) is 0 Å². The number of hydrogen-bond acceptors (Lipinski definition) is 1. The maximum Gasteiger partial charge on any atom is 0.416 e. The molecule has 0 heterocycles. The summed E-state index contributed by atoms with van der Waals surface area (Å²) in [5.74, 6) is 0. The molecule has 0 radical (unpaired) electrons. The number of alkyl halides is 3. The molecule has 0 bridgehead atoms. The Balaban J connectivity index is 1.98. The maximum atomic E-state index is 12.4. The third-order valence-electron chi connectivity index (χ3n) is 3.04. The van der Waals surface area contributed by atoms with Gasteiger partial charge < -0.3 is 0 Å². The van der Waals surface area contributed by atoms with Crippen LogP contribution in [0.3, 0.4) is 0 Å². The van der Waals surface area contributed by atoms with E-state index in [1.54, 1.807) is 23.9 Å². The molecule has 1 saturated carbocycles. The zero-order valence-corrected chi connectivity index (χ0v) is 10.3. The lowest BCUT2D eigenvalue weighted by molar-refractivity contribution is -0.137. The Morgan fingerprint density at radius 3 is 2.06 bits per heavy atom. The van der Waals surface area contributed by atoms with Gasteiger partial charge >= 0.3 is 6.18 Å². The van der Waals surface area contributed by atoms with E-state index in [0.29, 0.717) is 5.25 Å². The molecule has 0 spiro atoms. The van der Waals surface area contributed by atoms with E-state index >= 15 is 0 Å². The molecule has 94 valence electrons. The van der Waals surface area contributed by atoms with Crippen LogP contribution in [0.5, 0.6) is 0 Å². The van der Waals surface area contributed by atoms with E-state index < -0.39 is 11.7 Å². The summed E-state index contributed by atoms with van der Waals surface area (Å²) in [6.07, 6.45) is 1.94. The third kappa shape index (κ3) is 3.66. The molecule has 0 saturated heterocycles. The van der Waals surface area contributed by atoms with Crippen molar-refractivity contribution in [3.63, 3.8) is 0 Å². The van der Waals surface area contributed by atoms with Crippen LogP contribution in [0.2, 0.25) is 0 Å².